The van der Waals surface area contributed by atoms with E-state index >= 15 is 0 Å². The third-order valence-electron chi connectivity index (χ3n) is 4.05. The lowest BCUT2D eigenvalue weighted by Gasteiger charge is -2.14. The van der Waals surface area contributed by atoms with Crippen LogP contribution in [-0.4, -0.2) is 35.4 Å². The number of nitro groups is 1. The van der Waals surface area contributed by atoms with Gasteiger partial charge in [0, 0.05) is 35.7 Å². The number of para-hydroxylation sites is 1. The Morgan fingerprint density at radius 2 is 1.85 bits per heavy atom. The first-order chi connectivity index (χ1) is 12.8. The average molecular weight is 389 g/mol. The van der Waals surface area contributed by atoms with Crippen LogP contribution >= 0.6 is 0 Å². The zero-order valence-corrected chi connectivity index (χ0v) is 14.6. The number of nitro benzene ring substituents is 1. The topological polar surface area (TPSA) is 142 Å². The second kappa shape index (κ2) is 7.17. The highest BCUT2D eigenvalue weighted by molar-refractivity contribution is 7.89. The summed E-state index contributed by atoms with van der Waals surface area (Å²) in [6, 6.07) is 10.1. The Bertz CT molecular complexity index is 1110. The van der Waals surface area contributed by atoms with Crippen molar-refractivity contribution in [3.05, 3.63) is 70.4 Å². The Hall–Kier alpha value is -3.24. The minimum atomic E-state index is -4.17. The van der Waals surface area contributed by atoms with Crippen LogP contribution in [0.15, 0.2) is 59.6 Å². The molecular formula is C17H15N3O6S. The molecule has 3 rings (SSSR count). The highest BCUT2D eigenvalue weighted by atomic mass is 32.2. The van der Waals surface area contributed by atoms with Gasteiger partial charge in [-0.25, -0.2) is 8.42 Å². The number of sulfonamides is 1. The van der Waals surface area contributed by atoms with Crippen LogP contribution in [0.4, 0.5) is 5.69 Å². The van der Waals surface area contributed by atoms with Crippen LogP contribution in [0.1, 0.15) is 5.56 Å². The van der Waals surface area contributed by atoms with E-state index < -0.39 is 27.0 Å². The van der Waals surface area contributed by atoms with Crippen LogP contribution in [0.2, 0.25) is 0 Å². The van der Waals surface area contributed by atoms with Crippen molar-refractivity contribution in [3.8, 4) is 0 Å². The molecular weight excluding hydrogens is 374 g/mol. The number of aromatic amines is 1. The Kier molecular flexibility index (Phi) is 4.93. The summed E-state index contributed by atoms with van der Waals surface area (Å²) in [5, 5.41) is 20.9. The zero-order valence-electron chi connectivity index (χ0n) is 13.8. The number of H-pyrrole nitrogens is 1. The van der Waals surface area contributed by atoms with Crippen LogP contribution < -0.4 is 4.72 Å². The lowest BCUT2D eigenvalue weighted by atomic mass is 10.1. The van der Waals surface area contributed by atoms with E-state index in [1.54, 1.807) is 12.3 Å². The summed E-state index contributed by atoms with van der Waals surface area (Å²) < 4.78 is 27.1. The standard InChI is InChI=1S/C17H15N3O6S/c21-17(22)16(9-11-10-18-15-4-2-1-3-14(11)15)19-27(25,26)13-7-5-12(6-8-13)20(23)24/h1-8,10,16,18-19H,9H2,(H,21,22)/t16-/m1/s1. The number of rotatable bonds is 7. The molecule has 2 aromatic carbocycles. The molecule has 0 fully saturated rings. The highest BCUT2D eigenvalue weighted by Gasteiger charge is 2.27. The number of non-ortho nitro benzene ring substituents is 1. The molecule has 1 atom stereocenters. The minimum Gasteiger partial charge on any atom is -0.480 e. The van der Waals surface area contributed by atoms with E-state index in [2.05, 4.69) is 9.71 Å². The maximum absolute atomic E-state index is 12.5. The van der Waals surface area contributed by atoms with E-state index in [1.807, 2.05) is 18.2 Å². The van der Waals surface area contributed by atoms with Crippen molar-refractivity contribution in [3.63, 3.8) is 0 Å². The fraction of sp³-hybridized carbons (Fsp3) is 0.118. The third kappa shape index (κ3) is 3.96. The molecule has 1 aromatic heterocycles. The van der Waals surface area contributed by atoms with Crippen molar-refractivity contribution in [2.45, 2.75) is 17.4 Å². The van der Waals surface area contributed by atoms with E-state index in [-0.39, 0.29) is 17.0 Å². The lowest BCUT2D eigenvalue weighted by Crippen LogP contribution is -2.42. The Morgan fingerprint density at radius 1 is 1.19 bits per heavy atom. The van der Waals surface area contributed by atoms with Gasteiger partial charge in [-0.05, 0) is 23.8 Å². The fourth-order valence-corrected chi connectivity index (χ4v) is 3.89. The van der Waals surface area contributed by atoms with E-state index in [0.29, 0.717) is 5.56 Å². The van der Waals surface area contributed by atoms with Gasteiger partial charge < -0.3 is 10.1 Å². The SMILES string of the molecule is O=C(O)[C@@H](Cc1c[nH]c2ccccc12)NS(=O)(=O)c1ccc([N+](=O)[O-])cc1. The van der Waals surface area contributed by atoms with E-state index in [4.69, 9.17) is 0 Å². The minimum absolute atomic E-state index is 0.0639. The number of aliphatic carboxylic acids is 1. The number of fused-ring (bicyclic) bond motifs is 1. The summed E-state index contributed by atoms with van der Waals surface area (Å²) in [6.07, 6.45) is 1.58. The number of hydrogen-bond donors (Lipinski definition) is 3. The van der Waals surface area contributed by atoms with Gasteiger partial charge in [0.2, 0.25) is 10.0 Å². The van der Waals surface area contributed by atoms with Crippen molar-refractivity contribution >= 4 is 32.6 Å². The van der Waals surface area contributed by atoms with Gasteiger partial charge in [0.05, 0.1) is 9.82 Å². The first-order valence-electron chi connectivity index (χ1n) is 7.82. The molecule has 140 valence electrons. The van der Waals surface area contributed by atoms with Gasteiger partial charge in [-0.1, -0.05) is 18.2 Å². The smallest absolute Gasteiger partial charge is 0.322 e. The van der Waals surface area contributed by atoms with Gasteiger partial charge in [0.25, 0.3) is 5.69 Å². The molecule has 0 bridgehead atoms. The van der Waals surface area contributed by atoms with Gasteiger partial charge in [-0.2, -0.15) is 4.72 Å². The normalized spacial score (nSPS) is 12.7. The molecule has 0 aliphatic rings. The molecule has 0 aliphatic carbocycles. The highest BCUT2D eigenvalue weighted by Crippen LogP contribution is 2.20. The molecule has 0 radical (unpaired) electrons. The molecule has 0 aliphatic heterocycles. The van der Waals surface area contributed by atoms with Gasteiger partial charge >= 0.3 is 5.97 Å². The largest absolute Gasteiger partial charge is 0.480 e. The molecule has 3 N–H and O–H groups in total. The number of carboxylic acid groups (broad SMARTS) is 1. The molecule has 0 saturated carbocycles. The molecule has 0 amide bonds. The lowest BCUT2D eigenvalue weighted by molar-refractivity contribution is -0.384. The van der Waals surface area contributed by atoms with Gasteiger partial charge in [-0.3, -0.25) is 14.9 Å². The molecule has 10 heteroatoms. The maximum atomic E-state index is 12.5. The number of nitrogens with zero attached hydrogens (tertiary/aromatic N) is 1. The first-order valence-corrected chi connectivity index (χ1v) is 9.31. The van der Waals surface area contributed by atoms with Gasteiger partial charge in [0.15, 0.2) is 0 Å². The second-order valence-electron chi connectivity index (χ2n) is 5.83. The Labute approximate surface area is 153 Å². The maximum Gasteiger partial charge on any atom is 0.322 e. The van der Waals surface area contributed by atoms with E-state index in [1.165, 1.54) is 0 Å². The first kappa shape index (κ1) is 18.5. The number of aromatic nitrogens is 1. The second-order valence-corrected chi connectivity index (χ2v) is 7.54. The van der Waals surface area contributed by atoms with E-state index in [9.17, 15) is 28.4 Å². The summed E-state index contributed by atoms with van der Waals surface area (Å²) >= 11 is 0. The zero-order chi connectivity index (χ0) is 19.6. The molecule has 0 spiro atoms. The van der Waals surface area contributed by atoms with E-state index in [0.717, 1.165) is 35.2 Å². The monoisotopic (exact) mass is 389 g/mol. The van der Waals surface area contributed by atoms with Crippen LogP contribution in [0.5, 0.6) is 0 Å². The third-order valence-corrected chi connectivity index (χ3v) is 5.54. The molecule has 0 unspecified atom stereocenters. The summed E-state index contributed by atoms with van der Waals surface area (Å²) in [6.45, 7) is 0. The van der Waals surface area contributed by atoms with Gasteiger partial charge in [0.1, 0.15) is 6.04 Å². The number of carboxylic acids is 1. The summed E-state index contributed by atoms with van der Waals surface area (Å²) in [5.41, 5.74) is 1.21. The number of benzene rings is 2. The Balaban J connectivity index is 1.85. The summed E-state index contributed by atoms with van der Waals surface area (Å²) in [7, 11) is -4.17. The van der Waals surface area contributed by atoms with Crippen molar-refractivity contribution in [2.24, 2.45) is 0 Å². The Morgan fingerprint density at radius 3 is 2.48 bits per heavy atom. The molecule has 3 aromatic rings. The number of carbonyl (C=O) groups is 1. The van der Waals surface area contributed by atoms with Crippen LogP contribution in [-0.2, 0) is 21.2 Å². The van der Waals surface area contributed by atoms with Crippen molar-refractivity contribution < 1.29 is 23.2 Å². The van der Waals surface area contributed by atoms with Crippen molar-refractivity contribution in [1.29, 1.82) is 0 Å². The van der Waals surface area contributed by atoms with Crippen LogP contribution in [0.25, 0.3) is 10.9 Å². The van der Waals surface area contributed by atoms with Crippen molar-refractivity contribution in [2.75, 3.05) is 0 Å². The van der Waals surface area contributed by atoms with Crippen molar-refractivity contribution in [1.82, 2.24) is 9.71 Å². The van der Waals surface area contributed by atoms with Crippen LogP contribution in [0.3, 0.4) is 0 Å². The number of nitrogens with one attached hydrogen (secondary N) is 2. The summed E-state index contributed by atoms with van der Waals surface area (Å²) in [5.74, 6) is -1.33. The average Bonchev–Trinajstić information content (AvgIpc) is 3.04. The number of hydrogen-bond acceptors (Lipinski definition) is 5. The molecule has 27 heavy (non-hydrogen) atoms. The predicted molar refractivity (Wildman–Crippen MR) is 96.8 cm³/mol. The van der Waals surface area contributed by atoms with Gasteiger partial charge in [-0.15, -0.1) is 0 Å². The summed E-state index contributed by atoms with van der Waals surface area (Å²) in [4.78, 5) is 24.4. The fourth-order valence-electron chi connectivity index (χ4n) is 2.70. The predicted octanol–water partition coefficient (Wildman–Crippen LogP) is 2.05. The molecule has 9 nitrogen and oxygen atoms in total. The van der Waals surface area contributed by atoms with Crippen LogP contribution in [0, 0.1) is 10.1 Å². The quantitative estimate of drug-likeness (QED) is 0.417. The molecule has 0 saturated heterocycles. The molecule has 1 heterocycles.